The highest BCUT2D eigenvalue weighted by Gasteiger charge is 2.58. The third-order valence-corrected chi connectivity index (χ3v) is 2.57. The van der Waals surface area contributed by atoms with Crippen molar-refractivity contribution >= 4 is 0 Å². The van der Waals surface area contributed by atoms with Crippen molar-refractivity contribution in [3.63, 3.8) is 0 Å². The molecule has 1 aromatic rings. The molecule has 0 aromatic heterocycles. The summed E-state index contributed by atoms with van der Waals surface area (Å²) < 4.78 is 83.8. The molecular weight excluding hydrogens is 304 g/mol. The zero-order chi connectivity index (χ0) is 16.3. The lowest BCUT2D eigenvalue weighted by Crippen LogP contribution is -2.45. The van der Waals surface area contributed by atoms with Crippen molar-refractivity contribution < 1.29 is 35.8 Å². The Balaban J connectivity index is 3.03. The Labute approximate surface area is 116 Å². The van der Waals surface area contributed by atoms with Crippen molar-refractivity contribution in [1.29, 1.82) is 0 Å². The van der Waals surface area contributed by atoms with Crippen LogP contribution in [-0.2, 0) is 4.74 Å². The SMILES string of the molecule is COc1cccc(C(CN)OC(C(F)(F)F)C(F)(F)F)c1. The van der Waals surface area contributed by atoms with E-state index in [1.165, 1.54) is 31.4 Å². The van der Waals surface area contributed by atoms with Crippen LogP contribution in [0.4, 0.5) is 26.3 Å². The van der Waals surface area contributed by atoms with E-state index >= 15 is 0 Å². The average Bonchev–Trinajstić information content (AvgIpc) is 2.36. The summed E-state index contributed by atoms with van der Waals surface area (Å²) in [6.45, 7) is -0.546. The van der Waals surface area contributed by atoms with Gasteiger partial charge in [-0.15, -0.1) is 0 Å². The molecule has 0 saturated heterocycles. The van der Waals surface area contributed by atoms with Crippen LogP contribution >= 0.6 is 0 Å². The molecule has 21 heavy (non-hydrogen) atoms. The first kappa shape index (κ1) is 17.6. The minimum absolute atomic E-state index is 0.0651. The van der Waals surface area contributed by atoms with E-state index in [2.05, 4.69) is 4.74 Å². The van der Waals surface area contributed by atoms with Crippen LogP contribution in [0, 0.1) is 0 Å². The predicted molar refractivity (Wildman–Crippen MR) is 61.8 cm³/mol. The summed E-state index contributed by atoms with van der Waals surface area (Å²) >= 11 is 0. The first-order valence-corrected chi connectivity index (χ1v) is 5.72. The molecule has 0 saturated carbocycles. The molecule has 120 valence electrons. The summed E-state index contributed by atoms with van der Waals surface area (Å²) in [5, 5.41) is 0. The maximum Gasteiger partial charge on any atom is 0.423 e. The normalized spacial score (nSPS) is 14.3. The van der Waals surface area contributed by atoms with Crippen LogP contribution in [0.15, 0.2) is 24.3 Å². The van der Waals surface area contributed by atoms with Crippen LogP contribution in [0.5, 0.6) is 5.75 Å². The molecule has 0 spiro atoms. The smallest absolute Gasteiger partial charge is 0.423 e. The summed E-state index contributed by atoms with van der Waals surface area (Å²) in [6, 6.07) is 5.48. The Bertz CT molecular complexity index is 446. The fraction of sp³-hybridized carbons (Fsp3) is 0.500. The van der Waals surface area contributed by atoms with Gasteiger partial charge in [-0.25, -0.2) is 0 Å². The first-order chi connectivity index (χ1) is 9.59. The molecule has 1 unspecified atom stereocenters. The van der Waals surface area contributed by atoms with Gasteiger partial charge in [0.2, 0.25) is 6.10 Å². The van der Waals surface area contributed by atoms with E-state index in [0.717, 1.165) is 0 Å². The first-order valence-electron chi connectivity index (χ1n) is 5.72. The highest BCUT2D eigenvalue weighted by Crippen LogP contribution is 2.38. The zero-order valence-corrected chi connectivity index (χ0v) is 10.8. The van der Waals surface area contributed by atoms with Crippen molar-refractivity contribution in [1.82, 2.24) is 0 Å². The summed E-state index contributed by atoms with van der Waals surface area (Å²) in [7, 11) is 1.31. The van der Waals surface area contributed by atoms with Crippen molar-refractivity contribution in [2.45, 2.75) is 24.6 Å². The lowest BCUT2D eigenvalue weighted by atomic mass is 10.1. The van der Waals surface area contributed by atoms with Gasteiger partial charge in [0.15, 0.2) is 0 Å². The number of rotatable bonds is 5. The number of hydrogen-bond acceptors (Lipinski definition) is 3. The third kappa shape index (κ3) is 4.78. The number of halogens is 6. The second-order valence-electron chi connectivity index (χ2n) is 4.10. The van der Waals surface area contributed by atoms with E-state index in [9.17, 15) is 26.3 Å². The van der Waals surface area contributed by atoms with E-state index in [-0.39, 0.29) is 11.3 Å². The molecule has 0 heterocycles. The van der Waals surface area contributed by atoms with Crippen LogP contribution in [0.3, 0.4) is 0 Å². The molecule has 0 radical (unpaired) electrons. The minimum Gasteiger partial charge on any atom is -0.497 e. The number of nitrogens with two attached hydrogens (primary N) is 1. The lowest BCUT2D eigenvalue weighted by molar-refractivity contribution is -0.331. The highest BCUT2D eigenvalue weighted by atomic mass is 19.4. The summed E-state index contributed by atoms with van der Waals surface area (Å²) in [5.74, 6) is 0.269. The van der Waals surface area contributed by atoms with E-state index in [1.54, 1.807) is 0 Å². The molecule has 1 rings (SSSR count). The van der Waals surface area contributed by atoms with Crippen molar-refractivity contribution in [3.8, 4) is 5.75 Å². The van der Waals surface area contributed by atoms with Gasteiger partial charge < -0.3 is 15.2 Å². The van der Waals surface area contributed by atoms with E-state index in [1.807, 2.05) is 0 Å². The molecule has 3 nitrogen and oxygen atoms in total. The van der Waals surface area contributed by atoms with Gasteiger partial charge in [0.1, 0.15) is 5.75 Å². The second kappa shape index (κ2) is 6.52. The van der Waals surface area contributed by atoms with E-state index < -0.39 is 31.1 Å². The number of hydrogen-bond donors (Lipinski definition) is 1. The molecule has 9 heteroatoms. The lowest BCUT2D eigenvalue weighted by Gasteiger charge is -2.27. The van der Waals surface area contributed by atoms with Gasteiger partial charge in [-0.2, -0.15) is 26.3 Å². The minimum atomic E-state index is -5.58. The molecule has 0 aliphatic heterocycles. The maximum absolute atomic E-state index is 12.5. The molecular formula is C12H13F6NO2. The van der Waals surface area contributed by atoms with Crippen LogP contribution in [0.25, 0.3) is 0 Å². The summed E-state index contributed by atoms with van der Waals surface area (Å²) in [4.78, 5) is 0. The summed E-state index contributed by atoms with van der Waals surface area (Å²) in [6.07, 6.45) is -16.6. The maximum atomic E-state index is 12.5. The molecule has 0 amide bonds. The van der Waals surface area contributed by atoms with Crippen LogP contribution < -0.4 is 10.5 Å². The van der Waals surface area contributed by atoms with Gasteiger partial charge in [-0.1, -0.05) is 12.1 Å². The third-order valence-electron chi connectivity index (χ3n) is 2.57. The van der Waals surface area contributed by atoms with Crippen molar-refractivity contribution in [2.75, 3.05) is 13.7 Å². The topological polar surface area (TPSA) is 44.5 Å². The molecule has 1 atom stereocenters. The summed E-state index contributed by atoms with van der Waals surface area (Å²) in [5.41, 5.74) is 5.30. The Morgan fingerprint density at radius 2 is 1.67 bits per heavy atom. The van der Waals surface area contributed by atoms with Crippen molar-refractivity contribution in [2.24, 2.45) is 5.73 Å². The standard InChI is InChI=1S/C12H13F6NO2/c1-20-8-4-2-3-7(5-8)9(6-19)21-10(11(13,14)15)12(16,17)18/h2-5,9-10H,6,19H2,1H3. The quantitative estimate of drug-likeness (QED) is 0.848. The number of benzene rings is 1. The fourth-order valence-corrected chi connectivity index (χ4v) is 1.62. The number of alkyl halides is 6. The Hall–Kier alpha value is -1.48. The van der Waals surface area contributed by atoms with Crippen molar-refractivity contribution in [3.05, 3.63) is 29.8 Å². The molecule has 0 fully saturated rings. The van der Waals surface area contributed by atoms with Gasteiger partial charge in [-0.3, -0.25) is 0 Å². The fourth-order valence-electron chi connectivity index (χ4n) is 1.62. The molecule has 0 aliphatic carbocycles. The predicted octanol–water partition coefficient (Wildman–Crippen LogP) is 3.20. The molecule has 1 aromatic carbocycles. The Kier molecular flexibility index (Phi) is 5.46. The van der Waals surface area contributed by atoms with Gasteiger partial charge in [0.05, 0.1) is 13.2 Å². The largest absolute Gasteiger partial charge is 0.497 e. The Morgan fingerprint density at radius 1 is 1.10 bits per heavy atom. The number of methoxy groups -OCH3 is 1. The van der Waals surface area contributed by atoms with Gasteiger partial charge in [-0.05, 0) is 17.7 Å². The van der Waals surface area contributed by atoms with E-state index in [0.29, 0.717) is 0 Å². The van der Waals surface area contributed by atoms with Gasteiger partial charge >= 0.3 is 12.4 Å². The zero-order valence-electron chi connectivity index (χ0n) is 10.8. The monoisotopic (exact) mass is 317 g/mol. The van der Waals surface area contributed by atoms with Crippen LogP contribution in [0.2, 0.25) is 0 Å². The average molecular weight is 317 g/mol. The van der Waals surface area contributed by atoms with Crippen LogP contribution in [0.1, 0.15) is 11.7 Å². The molecule has 0 bridgehead atoms. The van der Waals surface area contributed by atoms with Gasteiger partial charge in [0.25, 0.3) is 0 Å². The molecule has 2 N–H and O–H groups in total. The Morgan fingerprint density at radius 3 is 2.10 bits per heavy atom. The highest BCUT2D eigenvalue weighted by molar-refractivity contribution is 5.30. The van der Waals surface area contributed by atoms with Gasteiger partial charge in [0, 0.05) is 6.54 Å². The molecule has 0 aliphatic rings. The second-order valence-corrected chi connectivity index (χ2v) is 4.10. The number of ether oxygens (including phenoxy) is 2. The van der Waals surface area contributed by atoms with Crippen LogP contribution in [-0.4, -0.2) is 32.1 Å². The van der Waals surface area contributed by atoms with E-state index in [4.69, 9.17) is 10.5 Å².